The molecule has 0 unspecified atom stereocenters. The highest BCUT2D eigenvalue weighted by Crippen LogP contribution is 2.36. The predicted octanol–water partition coefficient (Wildman–Crippen LogP) is 1.79. The molecule has 0 aliphatic heterocycles. The lowest BCUT2D eigenvalue weighted by Crippen LogP contribution is -2.65. The van der Waals surface area contributed by atoms with Crippen LogP contribution in [-0.4, -0.2) is 43.0 Å². The summed E-state index contributed by atoms with van der Waals surface area (Å²) < 4.78 is 15.4. The Kier molecular flexibility index (Phi) is 5.16. The number of methoxy groups -OCH3 is 1. The van der Waals surface area contributed by atoms with E-state index in [1.165, 1.54) is 7.11 Å². The molecule has 0 spiro atoms. The Morgan fingerprint density at radius 2 is 2.00 bits per heavy atom. The van der Waals surface area contributed by atoms with E-state index in [4.69, 9.17) is 14.2 Å². The average molecular weight is 285 g/mol. The number of nitrogens with one attached hydrogen (secondary N) is 1. The second-order valence-corrected chi connectivity index (χ2v) is 5.85. The van der Waals surface area contributed by atoms with E-state index in [2.05, 4.69) is 11.9 Å². The Balaban J connectivity index is 2.62. The quantitative estimate of drug-likeness (QED) is 0.616. The molecule has 1 aliphatic rings. The number of carbonyl (C=O) groups excluding carboxylic acids is 2. The zero-order chi connectivity index (χ0) is 15.4. The van der Waals surface area contributed by atoms with Gasteiger partial charge in [-0.2, -0.15) is 0 Å². The fourth-order valence-corrected chi connectivity index (χ4v) is 2.05. The monoisotopic (exact) mass is 285 g/mol. The van der Waals surface area contributed by atoms with Gasteiger partial charge in [-0.05, 0) is 20.8 Å². The number of hydrogen-bond donors (Lipinski definition) is 1. The molecule has 0 bridgehead atoms. The van der Waals surface area contributed by atoms with Crippen LogP contribution in [0.1, 0.15) is 33.6 Å². The minimum absolute atomic E-state index is 0.0953. The third-order valence-corrected chi connectivity index (χ3v) is 2.92. The van der Waals surface area contributed by atoms with Crippen LogP contribution in [0.3, 0.4) is 0 Å². The number of esters is 1. The summed E-state index contributed by atoms with van der Waals surface area (Å²) >= 11 is 0. The molecule has 1 fully saturated rings. The van der Waals surface area contributed by atoms with Crippen LogP contribution in [0.15, 0.2) is 12.7 Å². The van der Waals surface area contributed by atoms with E-state index in [-0.39, 0.29) is 6.10 Å². The summed E-state index contributed by atoms with van der Waals surface area (Å²) in [5.74, 6) is -0.484. The molecule has 0 atom stereocenters. The van der Waals surface area contributed by atoms with E-state index < -0.39 is 23.2 Å². The van der Waals surface area contributed by atoms with E-state index in [9.17, 15) is 9.59 Å². The average Bonchev–Trinajstić information content (AvgIpc) is 2.28. The number of amides is 1. The largest absolute Gasteiger partial charge is 0.467 e. The molecule has 0 heterocycles. The summed E-state index contributed by atoms with van der Waals surface area (Å²) in [6, 6.07) is 0. The van der Waals surface area contributed by atoms with Gasteiger partial charge in [0.25, 0.3) is 0 Å². The third-order valence-electron chi connectivity index (χ3n) is 2.92. The molecule has 1 saturated carbocycles. The second kappa shape index (κ2) is 6.26. The van der Waals surface area contributed by atoms with Crippen molar-refractivity contribution in [2.45, 2.75) is 50.9 Å². The summed E-state index contributed by atoms with van der Waals surface area (Å²) in [4.78, 5) is 23.7. The van der Waals surface area contributed by atoms with Crippen LogP contribution in [0.2, 0.25) is 0 Å². The lowest BCUT2D eigenvalue weighted by Gasteiger charge is -2.44. The van der Waals surface area contributed by atoms with Crippen LogP contribution in [0, 0.1) is 0 Å². The van der Waals surface area contributed by atoms with Gasteiger partial charge in [0.2, 0.25) is 0 Å². The number of carbonyl (C=O) groups is 2. The van der Waals surface area contributed by atoms with Crippen molar-refractivity contribution >= 4 is 12.1 Å². The van der Waals surface area contributed by atoms with Gasteiger partial charge in [-0.1, -0.05) is 6.08 Å². The number of ether oxygens (including phenoxy) is 3. The molecule has 1 aliphatic carbocycles. The third kappa shape index (κ3) is 4.23. The Hall–Kier alpha value is -1.56. The minimum atomic E-state index is -1.05. The van der Waals surface area contributed by atoms with Crippen molar-refractivity contribution in [3.63, 3.8) is 0 Å². The molecule has 0 aromatic rings. The molecule has 114 valence electrons. The van der Waals surface area contributed by atoms with Crippen molar-refractivity contribution < 1.29 is 23.8 Å². The fraction of sp³-hybridized carbons (Fsp3) is 0.714. The van der Waals surface area contributed by atoms with Gasteiger partial charge in [0.1, 0.15) is 11.1 Å². The number of hydrogen-bond acceptors (Lipinski definition) is 5. The SMILES string of the molecule is C=CCOC1CC(NC(=O)OC(C)(C)C)(C(=O)OC)C1. The number of rotatable bonds is 5. The van der Waals surface area contributed by atoms with Gasteiger partial charge in [-0.15, -0.1) is 6.58 Å². The molecule has 6 heteroatoms. The summed E-state index contributed by atoms with van der Waals surface area (Å²) in [7, 11) is 1.29. The molecule has 1 N–H and O–H groups in total. The van der Waals surface area contributed by atoms with Crippen molar-refractivity contribution in [1.82, 2.24) is 5.32 Å². The van der Waals surface area contributed by atoms with E-state index >= 15 is 0 Å². The molecule has 1 amide bonds. The molecular weight excluding hydrogens is 262 g/mol. The predicted molar refractivity (Wildman–Crippen MR) is 73.3 cm³/mol. The zero-order valence-electron chi connectivity index (χ0n) is 12.5. The first-order valence-electron chi connectivity index (χ1n) is 6.54. The van der Waals surface area contributed by atoms with Crippen molar-refractivity contribution in [3.05, 3.63) is 12.7 Å². The number of alkyl carbamates (subject to hydrolysis) is 1. The van der Waals surface area contributed by atoms with E-state index in [1.807, 2.05) is 0 Å². The molecule has 0 saturated heterocycles. The summed E-state index contributed by atoms with van der Waals surface area (Å²) in [6.45, 7) is 9.25. The Morgan fingerprint density at radius 3 is 2.45 bits per heavy atom. The maximum atomic E-state index is 11.9. The van der Waals surface area contributed by atoms with Crippen LogP contribution in [0.25, 0.3) is 0 Å². The molecule has 0 aromatic carbocycles. The van der Waals surface area contributed by atoms with Gasteiger partial charge in [0, 0.05) is 12.8 Å². The van der Waals surface area contributed by atoms with E-state index in [0.29, 0.717) is 19.4 Å². The first-order valence-corrected chi connectivity index (χ1v) is 6.54. The molecular formula is C14H23NO5. The van der Waals surface area contributed by atoms with Gasteiger partial charge in [-0.25, -0.2) is 9.59 Å². The maximum Gasteiger partial charge on any atom is 0.408 e. The highest BCUT2D eigenvalue weighted by Gasteiger charge is 2.53. The maximum absolute atomic E-state index is 11.9. The lowest BCUT2D eigenvalue weighted by atomic mass is 9.74. The van der Waals surface area contributed by atoms with Crippen LogP contribution in [-0.2, 0) is 19.0 Å². The van der Waals surface area contributed by atoms with Gasteiger partial charge in [0.15, 0.2) is 0 Å². The second-order valence-electron chi connectivity index (χ2n) is 5.85. The molecule has 0 radical (unpaired) electrons. The Labute approximate surface area is 119 Å². The van der Waals surface area contributed by atoms with Crippen molar-refractivity contribution in [3.8, 4) is 0 Å². The van der Waals surface area contributed by atoms with Crippen molar-refractivity contribution in [2.75, 3.05) is 13.7 Å². The van der Waals surface area contributed by atoms with Crippen LogP contribution in [0.4, 0.5) is 4.79 Å². The van der Waals surface area contributed by atoms with Crippen molar-refractivity contribution in [1.29, 1.82) is 0 Å². The topological polar surface area (TPSA) is 73.9 Å². The molecule has 1 rings (SSSR count). The first-order chi connectivity index (χ1) is 9.22. The lowest BCUT2D eigenvalue weighted by molar-refractivity contribution is -0.160. The van der Waals surface area contributed by atoms with Crippen molar-refractivity contribution in [2.24, 2.45) is 0 Å². The van der Waals surface area contributed by atoms with Gasteiger partial charge in [-0.3, -0.25) is 0 Å². The van der Waals surface area contributed by atoms with Crippen LogP contribution < -0.4 is 5.32 Å². The summed E-state index contributed by atoms with van der Waals surface area (Å²) in [6.07, 6.45) is 1.64. The van der Waals surface area contributed by atoms with Gasteiger partial charge < -0.3 is 19.5 Å². The standard InChI is InChI=1S/C14H23NO5/c1-6-7-19-10-8-14(9-10,11(16)18-5)15-12(17)20-13(2,3)4/h6,10H,1,7-9H2,2-5H3,(H,15,17). The Bertz CT molecular complexity index is 380. The molecule has 6 nitrogen and oxygen atoms in total. The Morgan fingerprint density at radius 1 is 1.40 bits per heavy atom. The molecule has 20 heavy (non-hydrogen) atoms. The summed E-state index contributed by atoms with van der Waals surface area (Å²) in [5, 5.41) is 2.60. The summed E-state index contributed by atoms with van der Waals surface area (Å²) in [5.41, 5.74) is -1.67. The van der Waals surface area contributed by atoms with E-state index in [1.54, 1.807) is 26.8 Å². The normalized spacial score (nSPS) is 25.3. The zero-order valence-corrected chi connectivity index (χ0v) is 12.5. The minimum Gasteiger partial charge on any atom is -0.467 e. The smallest absolute Gasteiger partial charge is 0.408 e. The fourth-order valence-electron chi connectivity index (χ4n) is 2.05. The van der Waals surface area contributed by atoms with Gasteiger partial charge >= 0.3 is 12.1 Å². The first kappa shape index (κ1) is 16.5. The van der Waals surface area contributed by atoms with Gasteiger partial charge in [0.05, 0.1) is 19.8 Å². The van der Waals surface area contributed by atoms with Crippen LogP contribution in [0.5, 0.6) is 0 Å². The van der Waals surface area contributed by atoms with Crippen LogP contribution >= 0.6 is 0 Å². The highest BCUT2D eigenvalue weighted by molar-refractivity contribution is 5.87. The highest BCUT2D eigenvalue weighted by atomic mass is 16.6. The van der Waals surface area contributed by atoms with E-state index in [0.717, 1.165) is 0 Å². The molecule has 0 aromatic heterocycles.